The molecule has 0 amide bonds. The second-order valence-electron chi connectivity index (χ2n) is 2.94. The van der Waals surface area contributed by atoms with Crippen molar-refractivity contribution in [2.45, 2.75) is 27.2 Å². The molecule has 10 heavy (non-hydrogen) atoms. The van der Waals surface area contributed by atoms with Crippen molar-refractivity contribution in [1.82, 2.24) is 0 Å². The Balaban J connectivity index is 2.68. The lowest BCUT2D eigenvalue weighted by molar-refractivity contribution is 0.814. The number of hydrogen-bond donors (Lipinski definition) is 0. The normalized spacial score (nSPS) is 26.9. The Morgan fingerprint density at radius 1 is 1.30 bits per heavy atom. The van der Waals surface area contributed by atoms with Gasteiger partial charge in [-0.2, -0.15) is 0 Å². The van der Waals surface area contributed by atoms with Crippen LogP contribution in [0, 0.1) is 5.92 Å². The molecule has 0 saturated carbocycles. The third-order valence-electron chi connectivity index (χ3n) is 1.98. The Morgan fingerprint density at radius 3 is 2.70 bits per heavy atom. The van der Waals surface area contributed by atoms with Crippen LogP contribution in [0.3, 0.4) is 0 Å². The summed E-state index contributed by atoms with van der Waals surface area (Å²) in [6.45, 7) is 6.99. The highest BCUT2D eigenvalue weighted by atomic mass is 14.9. The molecular formula is C8H14N2. The van der Waals surface area contributed by atoms with Gasteiger partial charge in [0.2, 0.25) is 0 Å². The molecule has 1 aliphatic heterocycles. The van der Waals surface area contributed by atoms with Crippen molar-refractivity contribution >= 4 is 11.4 Å². The fraction of sp³-hybridized carbons (Fsp3) is 0.750. The molecule has 0 N–H and O–H groups in total. The summed E-state index contributed by atoms with van der Waals surface area (Å²) in [6, 6.07) is 0. The molecule has 56 valence electrons. The standard InChI is InChI=1S/C8H14N2/c1-6-4-7(2)9-5-10-8(6)3/h6H,4-5H2,1-3H3. The van der Waals surface area contributed by atoms with Crippen LogP contribution in [0.1, 0.15) is 27.2 Å². The van der Waals surface area contributed by atoms with Crippen LogP contribution in [0.4, 0.5) is 0 Å². The second kappa shape index (κ2) is 2.95. The Kier molecular flexibility index (Phi) is 2.20. The van der Waals surface area contributed by atoms with Crippen LogP contribution in [-0.2, 0) is 0 Å². The van der Waals surface area contributed by atoms with E-state index in [1.165, 1.54) is 11.4 Å². The highest BCUT2D eigenvalue weighted by Gasteiger charge is 2.09. The molecule has 0 saturated heterocycles. The van der Waals surface area contributed by atoms with Crippen LogP contribution in [0.2, 0.25) is 0 Å². The molecule has 0 bridgehead atoms. The molecule has 2 nitrogen and oxygen atoms in total. The number of hydrogen-bond acceptors (Lipinski definition) is 2. The molecule has 0 aromatic rings. The average Bonchev–Trinajstić information content (AvgIpc) is 1.96. The summed E-state index contributed by atoms with van der Waals surface area (Å²) < 4.78 is 0. The lowest BCUT2D eigenvalue weighted by Gasteiger charge is -2.06. The molecule has 0 aromatic carbocycles. The lowest BCUT2D eigenvalue weighted by atomic mass is 10.0. The van der Waals surface area contributed by atoms with Gasteiger partial charge in [-0.25, -0.2) is 0 Å². The minimum Gasteiger partial charge on any atom is -0.271 e. The minimum absolute atomic E-state index is 0.589. The molecule has 1 heterocycles. The summed E-state index contributed by atoms with van der Waals surface area (Å²) in [5, 5.41) is 0. The van der Waals surface area contributed by atoms with E-state index in [0.29, 0.717) is 12.6 Å². The first-order valence-electron chi connectivity index (χ1n) is 3.71. The summed E-state index contributed by atoms with van der Waals surface area (Å²) in [4.78, 5) is 8.54. The van der Waals surface area contributed by atoms with E-state index in [0.717, 1.165) is 6.42 Å². The smallest absolute Gasteiger partial charge is 0.129 e. The summed E-state index contributed by atoms with van der Waals surface area (Å²) in [7, 11) is 0. The van der Waals surface area contributed by atoms with Gasteiger partial charge in [-0.1, -0.05) is 6.92 Å². The number of rotatable bonds is 0. The van der Waals surface area contributed by atoms with E-state index in [-0.39, 0.29) is 0 Å². The zero-order valence-corrected chi connectivity index (χ0v) is 6.89. The van der Waals surface area contributed by atoms with Crippen molar-refractivity contribution in [3.63, 3.8) is 0 Å². The maximum absolute atomic E-state index is 4.28. The predicted molar refractivity (Wildman–Crippen MR) is 44.9 cm³/mol. The molecule has 0 aromatic heterocycles. The van der Waals surface area contributed by atoms with Crippen molar-refractivity contribution < 1.29 is 0 Å². The third-order valence-corrected chi connectivity index (χ3v) is 1.98. The van der Waals surface area contributed by atoms with Gasteiger partial charge < -0.3 is 0 Å². The van der Waals surface area contributed by atoms with Crippen LogP contribution < -0.4 is 0 Å². The van der Waals surface area contributed by atoms with Gasteiger partial charge in [0.05, 0.1) is 0 Å². The topological polar surface area (TPSA) is 24.7 Å². The first-order valence-corrected chi connectivity index (χ1v) is 3.71. The maximum atomic E-state index is 4.28. The van der Waals surface area contributed by atoms with Gasteiger partial charge in [-0.05, 0) is 26.2 Å². The minimum atomic E-state index is 0.589. The lowest BCUT2D eigenvalue weighted by Crippen LogP contribution is -2.08. The third kappa shape index (κ3) is 1.66. The van der Waals surface area contributed by atoms with Crippen LogP contribution in [0.5, 0.6) is 0 Å². The molecule has 1 rings (SSSR count). The van der Waals surface area contributed by atoms with Gasteiger partial charge >= 0.3 is 0 Å². The predicted octanol–water partition coefficient (Wildman–Crippen LogP) is 1.91. The molecular weight excluding hydrogens is 124 g/mol. The van der Waals surface area contributed by atoms with Gasteiger partial charge in [-0.15, -0.1) is 0 Å². The Morgan fingerprint density at radius 2 is 2.00 bits per heavy atom. The summed E-state index contributed by atoms with van der Waals surface area (Å²) >= 11 is 0. The van der Waals surface area contributed by atoms with Crippen LogP contribution in [-0.4, -0.2) is 18.1 Å². The molecule has 2 heteroatoms. The van der Waals surface area contributed by atoms with Crippen LogP contribution >= 0.6 is 0 Å². The second-order valence-corrected chi connectivity index (χ2v) is 2.94. The zero-order chi connectivity index (χ0) is 7.56. The summed E-state index contributed by atoms with van der Waals surface area (Å²) in [6.07, 6.45) is 1.08. The SMILES string of the molecule is CC1=NCN=C(C)C(C)C1. The highest BCUT2D eigenvalue weighted by Crippen LogP contribution is 2.09. The molecule has 1 unspecified atom stereocenters. The van der Waals surface area contributed by atoms with E-state index in [1.54, 1.807) is 0 Å². The van der Waals surface area contributed by atoms with Crippen LogP contribution in [0.25, 0.3) is 0 Å². The van der Waals surface area contributed by atoms with Gasteiger partial charge in [0, 0.05) is 11.4 Å². The summed E-state index contributed by atoms with van der Waals surface area (Å²) in [5.41, 5.74) is 2.47. The van der Waals surface area contributed by atoms with Crippen molar-refractivity contribution in [2.75, 3.05) is 6.67 Å². The monoisotopic (exact) mass is 138 g/mol. The average molecular weight is 138 g/mol. The van der Waals surface area contributed by atoms with Crippen molar-refractivity contribution in [3.05, 3.63) is 0 Å². The molecule has 0 radical (unpaired) electrons. The first-order chi connectivity index (χ1) is 4.70. The van der Waals surface area contributed by atoms with Gasteiger partial charge in [0.1, 0.15) is 6.67 Å². The van der Waals surface area contributed by atoms with Gasteiger partial charge in [0.15, 0.2) is 0 Å². The molecule has 0 fully saturated rings. The number of aliphatic imine (C=N–C) groups is 2. The van der Waals surface area contributed by atoms with E-state index in [9.17, 15) is 0 Å². The molecule has 0 spiro atoms. The Bertz CT molecular complexity index is 180. The first kappa shape index (κ1) is 7.45. The fourth-order valence-electron chi connectivity index (χ4n) is 1.08. The largest absolute Gasteiger partial charge is 0.271 e. The van der Waals surface area contributed by atoms with Crippen molar-refractivity contribution in [2.24, 2.45) is 15.9 Å². The van der Waals surface area contributed by atoms with Gasteiger partial charge in [0.25, 0.3) is 0 Å². The Labute approximate surface area is 62.1 Å². The number of nitrogens with zero attached hydrogens (tertiary/aromatic N) is 2. The Hall–Kier alpha value is -0.660. The molecule has 1 aliphatic rings. The van der Waals surface area contributed by atoms with Crippen LogP contribution in [0.15, 0.2) is 9.98 Å². The molecule has 1 atom stereocenters. The summed E-state index contributed by atoms with van der Waals surface area (Å²) in [5.74, 6) is 0.589. The van der Waals surface area contributed by atoms with Crippen molar-refractivity contribution in [3.8, 4) is 0 Å². The van der Waals surface area contributed by atoms with E-state index in [2.05, 4.69) is 30.8 Å². The van der Waals surface area contributed by atoms with Gasteiger partial charge in [-0.3, -0.25) is 9.98 Å². The highest BCUT2D eigenvalue weighted by molar-refractivity contribution is 5.92. The quantitative estimate of drug-likeness (QED) is 0.488. The van der Waals surface area contributed by atoms with E-state index in [4.69, 9.17) is 0 Å². The van der Waals surface area contributed by atoms with E-state index in [1.807, 2.05) is 0 Å². The van der Waals surface area contributed by atoms with E-state index < -0.39 is 0 Å². The van der Waals surface area contributed by atoms with Crippen molar-refractivity contribution in [1.29, 1.82) is 0 Å². The zero-order valence-electron chi connectivity index (χ0n) is 6.89. The van der Waals surface area contributed by atoms with E-state index >= 15 is 0 Å². The molecule has 0 aliphatic carbocycles. The fourth-order valence-corrected chi connectivity index (χ4v) is 1.08. The maximum Gasteiger partial charge on any atom is 0.129 e.